The molecule has 0 aliphatic rings. The van der Waals surface area contributed by atoms with Crippen molar-refractivity contribution in [2.75, 3.05) is 13.6 Å². The topological polar surface area (TPSA) is 12.0 Å². The molecule has 0 fully saturated rings. The molecule has 0 heterocycles. The fourth-order valence-corrected chi connectivity index (χ4v) is 3.27. The van der Waals surface area contributed by atoms with Gasteiger partial charge < -0.3 is 5.32 Å². The maximum atomic E-state index is 3.42. The molecule has 1 aromatic carbocycles. The summed E-state index contributed by atoms with van der Waals surface area (Å²) in [6.07, 6.45) is 5.03. The fourth-order valence-electron chi connectivity index (χ4n) is 3.27. The van der Waals surface area contributed by atoms with Gasteiger partial charge in [-0.25, -0.2) is 0 Å². The minimum Gasteiger partial charge on any atom is -0.319 e. The van der Waals surface area contributed by atoms with Crippen molar-refractivity contribution in [3.8, 4) is 0 Å². The molecule has 0 spiro atoms. The smallest absolute Gasteiger partial charge is 0.00776 e. The molecule has 0 bridgehead atoms. The highest BCUT2D eigenvalue weighted by molar-refractivity contribution is 5.34. The number of aryl methyl sites for hydroxylation is 2. The predicted octanol–water partition coefficient (Wildman–Crippen LogP) is 4.36. The third-order valence-electron chi connectivity index (χ3n) is 3.81. The molecule has 1 nitrogen and oxygen atoms in total. The Bertz CT molecular complexity index is 331. The zero-order chi connectivity index (χ0) is 13.6. The lowest BCUT2D eigenvalue weighted by Gasteiger charge is -2.35. The van der Waals surface area contributed by atoms with Gasteiger partial charge >= 0.3 is 0 Å². The fraction of sp³-hybridized carbons (Fsp3) is 0.647. The molecule has 0 atom stereocenters. The van der Waals surface area contributed by atoms with Gasteiger partial charge in [-0.15, -0.1) is 0 Å². The van der Waals surface area contributed by atoms with E-state index >= 15 is 0 Å². The molecular formula is C17H29N. The van der Waals surface area contributed by atoms with Gasteiger partial charge in [0.05, 0.1) is 0 Å². The Morgan fingerprint density at radius 2 is 1.44 bits per heavy atom. The number of hydrogen-bond acceptors (Lipinski definition) is 1. The van der Waals surface area contributed by atoms with Crippen molar-refractivity contribution >= 4 is 0 Å². The number of hydrogen-bond donors (Lipinski definition) is 1. The Hall–Kier alpha value is -0.820. The second-order valence-electron chi connectivity index (χ2n) is 5.69. The first-order valence-electron chi connectivity index (χ1n) is 7.31. The third kappa shape index (κ3) is 3.58. The van der Waals surface area contributed by atoms with Gasteiger partial charge in [0.2, 0.25) is 0 Å². The lowest BCUT2D eigenvalue weighted by atomic mass is 9.72. The zero-order valence-electron chi connectivity index (χ0n) is 12.8. The quantitative estimate of drug-likeness (QED) is 0.755. The van der Waals surface area contributed by atoms with Crippen LogP contribution in [0.3, 0.4) is 0 Å². The van der Waals surface area contributed by atoms with Gasteiger partial charge in [0.15, 0.2) is 0 Å². The average molecular weight is 247 g/mol. The summed E-state index contributed by atoms with van der Waals surface area (Å²) in [7, 11) is 2.07. The van der Waals surface area contributed by atoms with E-state index in [-0.39, 0.29) is 0 Å². The molecule has 1 rings (SSSR count). The molecule has 18 heavy (non-hydrogen) atoms. The van der Waals surface area contributed by atoms with Crippen LogP contribution in [0.1, 0.15) is 56.2 Å². The lowest BCUT2D eigenvalue weighted by Crippen LogP contribution is -2.37. The number of likely N-dealkylation sites (N-methyl/N-ethyl adjacent to an activating group) is 1. The molecule has 0 aromatic heterocycles. The van der Waals surface area contributed by atoms with E-state index in [1.165, 1.54) is 42.4 Å². The summed E-state index contributed by atoms with van der Waals surface area (Å²) in [6, 6.07) is 7.04. The van der Waals surface area contributed by atoms with E-state index in [1.807, 2.05) is 0 Å². The molecule has 1 aromatic rings. The van der Waals surface area contributed by atoms with Crippen molar-refractivity contribution in [1.82, 2.24) is 5.32 Å². The summed E-state index contributed by atoms with van der Waals surface area (Å²) in [5.74, 6) is 0. The molecule has 102 valence electrons. The summed E-state index contributed by atoms with van der Waals surface area (Å²) in [4.78, 5) is 0. The third-order valence-corrected chi connectivity index (χ3v) is 3.81. The maximum Gasteiger partial charge on any atom is 0.00776 e. The first-order chi connectivity index (χ1) is 8.57. The number of benzene rings is 1. The van der Waals surface area contributed by atoms with E-state index in [1.54, 1.807) is 0 Å². The van der Waals surface area contributed by atoms with Gasteiger partial charge in [-0.2, -0.15) is 0 Å². The zero-order valence-corrected chi connectivity index (χ0v) is 12.8. The van der Waals surface area contributed by atoms with Gasteiger partial charge in [-0.1, -0.05) is 56.0 Å². The maximum absolute atomic E-state index is 3.42. The van der Waals surface area contributed by atoms with E-state index < -0.39 is 0 Å². The van der Waals surface area contributed by atoms with Crippen molar-refractivity contribution < 1.29 is 0 Å². The van der Waals surface area contributed by atoms with Gasteiger partial charge in [0, 0.05) is 12.0 Å². The van der Waals surface area contributed by atoms with Crippen molar-refractivity contribution in [1.29, 1.82) is 0 Å². The van der Waals surface area contributed by atoms with E-state index in [2.05, 4.69) is 58.3 Å². The molecular weight excluding hydrogens is 218 g/mol. The van der Waals surface area contributed by atoms with Crippen LogP contribution in [0.4, 0.5) is 0 Å². The molecule has 0 saturated heterocycles. The molecule has 0 unspecified atom stereocenters. The van der Waals surface area contributed by atoms with Gasteiger partial charge in [0.1, 0.15) is 0 Å². The summed E-state index contributed by atoms with van der Waals surface area (Å²) in [5.41, 5.74) is 4.61. The molecule has 0 saturated carbocycles. The standard InChI is InChI=1S/C17H29N/c1-6-8-17(9-7-2,13-18-5)16-11-14(3)10-15(4)12-16/h10-12,18H,6-9,13H2,1-5H3. The van der Waals surface area contributed by atoms with E-state index in [0.717, 1.165) is 6.54 Å². The first kappa shape index (κ1) is 15.2. The minimum atomic E-state index is 0.315. The lowest BCUT2D eigenvalue weighted by molar-refractivity contribution is 0.344. The Balaban J connectivity index is 3.20. The predicted molar refractivity (Wildman–Crippen MR) is 81.3 cm³/mol. The molecule has 1 heteroatoms. The largest absolute Gasteiger partial charge is 0.319 e. The molecule has 0 aliphatic heterocycles. The van der Waals surface area contributed by atoms with Crippen LogP contribution in [0.5, 0.6) is 0 Å². The summed E-state index contributed by atoms with van der Waals surface area (Å²) in [6.45, 7) is 10.1. The Kier molecular flexibility index (Phi) is 5.87. The Labute approximate surface area is 113 Å². The van der Waals surface area contributed by atoms with Crippen LogP contribution in [0, 0.1) is 13.8 Å². The van der Waals surface area contributed by atoms with Crippen LogP contribution in [0.25, 0.3) is 0 Å². The van der Waals surface area contributed by atoms with Crippen molar-refractivity contribution in [3.63, 3.8) is 0 Å². The summed E-state index contributed by atoms with van der Waals surface area (Å²) in [5, 5.41) is 3.42. The van der Waals surface area contributed by atoms with Crippen LogP contribution in [0.15, 0.2) is 18.2 Å². The van der Waals surface area contributed by atoms with Crippen molar-refractivity contribution in [3.05, 3.63) is 34.9 Å². The molecule has 0 amide bonds. The van der Waals surface area contributed by atoms with Crippen LogP contribution in [-0.2, 0) is 5.41 Å². The van der Waals surface area contributed by atoms with E-state index in [9.17, 15) is 0 Å². The van der Waals surface area contributed by atoms with E-state index in [4.69, 9.17) is 0 Å². The summed E-state index contributed by atoms with van der Waals surface area (Å²) >= 11 is 0. The molecule has 1 N–H and O–H groups in total. The van der Waals surface area contributed by atoms with Gasteiger partial charge in [-0.05, 0) is 39.3 Å². The molecule has 0 radical (unpaired) electrons. The normalized spacial score (nSPS) is 11.8. The Morgan fingerprint density at radius 3 is 1.83 bits per heavy atom. The van der Waals surface area contributed by atoms with Crippen LogP contribution in [-0.4, -0.2) is 13.6 Å². The van der Waals surface area contributed by atoms with Crippen LogP contribution in [0.2, 0.25) is 0 Å². The number of rotatable bonds is 7. The molecule has 0 aliphatic carbocycles. The Morgan fingerprint density at radius 1 is 0.944 bits per heavy atom. The highest BCUT2D eigenvalue weighted by Gasteiger charge is 2.29. The van der Waals surface area contributed by atoms with Crippen LogP contribution < -0.4 is 5.32 Å². The second kappa shape index (κ2) is 6.94. The summed E-state index contributed by atoms with van der Waals surface area (Å²) < 4.78 is 0. The average Bonchev–Trinajstić information content (AvgIpc) is 2.28. The SMILES string of the molecule is CCCC(CCC)(CNC)c1cc(C)cc(C)c1. The van der Waals surface area contributed by atoms with Crippen molar-refractivity contribution in [2.24, 2.45) is 0 Å². The van der Waals surface area contributed by atoms with Crippen molar-refractivity contribution in [2.45, 2.75) is 58.8 Å². The first-order valence-corrected chi connectivity index (χ1v) is 7.31. The number of nitrogens with one attached hydrogen (secondary N) is 1. The highest BCUT2D eigenvalue weighted by atomic mass is 14.8. The van der Waals surface area contributed by atoms with Gasteiger partial charge in [0.25, 0.3) is 0 Å². The van der Waals surface area contributed by atoms with Gasteiger partial charge in [-0.3, -0.25) is 0 Å². The van der Waals surface area contributed by atoms with Crippen LogP contribution >= 0.6 is 0 Å². The second-order valence-corrected chi connectivity index (χ2v) is 5.69. The monoisotopic (exact) mass is 247 g/mol. The minimum absolute atomic E-state index is 0.315. The van der Waals surface area contributed by atoms with E-state index in [0.29, 0.717) is 5.41 Å². The highest BCUT2D eigenvalue weighted by Crippen LogP contribution is 2.35.